The summed E-state index contributed by atoms with van der Waals surface area (Å²) in [5.41, 5.74) is 2.30. The number of benzene rings is 1. The number of amides is 2. The lowest BCUT2D eigenvalue weighted by Gasteiger charge is -2.23. The Morgan fingerprint density at radius 2 is 1.72 bits per heavy atom. The van der Waals surface area contributed by atoms with E-state index in [4.69, 9.17) is 0 Å². The fraction of sp³-hybridized carbons (Fsp3) is 0.333. The molecule has 1 aromatic rings. The van der Waals surface area contributed by atoms with Crippen LogP contribution in [0.5, 0.6) is 0 Å². The summed E-state index contributed by atoms with van der Waals surface area (Å²) in [5.74, 6) is -0.111. The van der Waals surface area contributed by atoms with Gasteiger partial charge in [-0.1, -0.05) is 42.0 Å². The summed E-state index contributed by atoms with van der Waals surface area (Å²) in [6, 6.07) is 8.12. The zero-order chi connectivity index (χ0) is 13.0. The van der Waals surface area contributed by atoms with Gasteiger partial charge >= 0.3 is 0 Å². The predicted octanol–water partition coefficient (Wildman–Crippen LogP) is 2.55. The van der Waals surface area contributed by atoms with Crippen LogP contribution in [-0.2, 0) is 9.59 Å². The first-order valence-corrected chi connectivity index (χ1v) is 6.23. The highest BCUT2D eigenvalue weighted by Gasteiger charge is 2.24. The van der Waals surface area contributed by atoms with Gasteiger partial charge in [0.15, 0.2) is 0 Å². The standard InChI is InChI=1S/C15H17NO2/c1-12-7-9-13(10-8-12)4-3-11-16-14(17)5-2-6-15(16)18/h3-4,7-10H,2,5-6,11H2,1H3. The number of hydrogen-bond donors (Lipinski definition) is 0. The Labute approximate surface area is 107 Å². The van der Waals surface area contributed by atoms with Gasteiger partial charge in [-0.3, -0.25) is 14.5 Å². The fourth-order valence-electron chi connectivity index (χ4n) is 1.98. The van der Waals surface area contributed by atoms with E-state index >= 15 is 0 Å². The maximum absolute atomic E-state index is 11.6. The average molecular weight is 243 g/mol. The third-order valence-electron chi connectivity index (χ3n) is 3.06. The van der Waals surface area contributed by atoms with Crippen LogP contribution < -0.4 is 0 Å². The van der Waals surface area contributed by atoms with Crippen molar-refractivity contribution >= 4 is 17.9 Å². The van der Waals surface area contributed by atoms with E-state index in [0.29, 0.717) is 25.8 Å². The van der Waals surface area contributed by atoms with Crippen LogP contribution in [0, 0.1) is 6.92 Å². The van der Waals surface area contributed by atoms with Crippen molar-refractivity contribution < 1.29 is 9.59 Å². The third kappa shape index (κ3) is 3.06. The van der Waals surface area contributed by atoms with Gasteiger partial charge in [0.05, 0.1) is 0 Å². The Bertz CT molecular complexity index is 458. The lowest BCUT2D eigenvalue weighted by molar-refractivity contribution is -0.147. The van der Waals surface area contributed by atoms with E-state index in [1.165, 1.54) is 10.5 Å². The van der Waals surface area contributed by atoms with Crippen LogP contribution in [0.3, 0.4) is 0 Å². The Morgan fingerprint density at radius 1 is 1.11 bits per heavy atom. The molecule has 0 aromatic heterocycles. The van der Waals surface area contributed by atoms with E-state index in [2.05, 4.69) is 0 Å². The molecule has 0 radical (unpaired) electrons. The van der Waals surface area contributed by atoms with Crippen molar-refractivity contribution in [2.45, 2.75) is 26.2 Å². The monoisotopic (exact) mass is 243 g/mol. The van der Waals surface area contributed by atoms with Gasteiger partial charge in [-0.2, -0.15) is 0 Å². The maximum atomic E-state index is 11.6. The van der Waals surface area contributed by atoms with Gasteiger partial charge in [0.2, 0.25) is 11.8 Å². The van der Waals surface area contributed by atoms with E-state index in [-0.39, 0.29) is 11.8 Å². The molecule has 0 aliphatic carbocycles. The maximum Gasteiger partial charge on any atom is 0.229 e. The fourth-order valence-corrected chi connectivity index (χ4v) is 1.98. The first-order chi connectivity index (χ1) is 8.66. The number of carbonyl (C=O) groups is 2. The molecule has 0 N–H and O–H groups in total. The topological polar surface area (TPSA) is 37.4 Å². The first kappa shape index (κ1) is 12.6. The Kier molecular flexibility index (Phi) is 3.92. The van der Waals surface area contributed by atoms with Crippen LogP contribution in [0.25, 0.3) is 6.08 Å². The van der Waals surface area contributed by atoms with Crippen LogP contribution in [0.4, 0.5) is 0 Å². The van der Waals surface area contributed by atoms with Gasteiger partial charge in [-0.25, -0.2) is 0 Å². The van der Waals surface area contributed by atoms with Gasteiger partial charge in [0.1, 0.15) is 0 Å². The number of aryl methyl sites for hydroxylation is 1. The number of hydrogen-bond acceptors (Lipinski definition) is 2. The predicted molar refractivity (Wildman–Crippen MR) is 70.8 cm³/mol. The molecule has 1 aliphatic rings. The van der Waals surface area contributed by atoms with E-state index in [1.807, 2.05) is 43.3 Å². The summed E-state index contributed by atoms with van der Waals surface area (Å²) in [6.07, 6.45) is 5.48. The van der Waals surface area contributed by atoms with Crippen LogP contribution in [0.2, 0.25) is 0 Å². The normalized spacial score (nSPS) is 16.6. The Hall–Kier alpha value is -1.90. The van der Waals surface area contributed by atoms with Gasteiger partial charge in [-0.15, -0.1) is 0 Å². The van der Waals surface area contributed by atoms with Crippen LogP contribution in [0.15, 0.2) is 30.3 Å². The molecule has 18 heavy (non-hydrogen) atoms. The van der Waals surface area contributed by atoms with Crippen molar-refractivity contribution in [3.63, 3.8) is 0 Å². The molecular formula is C15H17NO2. The lowest BCUT2D eigenvalue weighted by atomic mass is 10.1. The molecule has 1 aliphatic heterocycles. The molecule has 1 heterocycles. The Balaban J connectivity index is 1.96. The zero-order valence-corrected chi connectivity index (χ0v) is 10.6. The molecule has 1 aromatic carbocycles. The van der Waals surface area contributed by atoms with E-state index < -0.39 is 0 Å². The van der Waals surface area contributed by atoms with Crippen molar-refractivity contribution in [3.8, 4) is 0 Å². The molecule has 0 spiro atoms. The molecule has 3 nitrogen and oxygen atoms in total. The number of imide groups is 1. The van der Waals surface area contributed by atoms with E-state index in [9.17, 15) is 9.59 Å². The number of likely N-dealkylation sites (tertiary alicyclic amines) is 1. The average Bonchev–Trinajstić information content (AvgIpc) is 2.35. The highest BCUT2D eigenvalue weighted by Crippen LogP contribution is 2.12. The summed E-state index contributed by atoms with van der Waals surface area (Å²) < 4.78 is 0. The van der Waals surface area contributed by atoms with Crippen molar-refractivity contribution in [1.82, 2.24) is 4.90 Å². The molecule has 2 rings (SSSR count). The zero-order valence-electron chi connectivity index (χ0n) is 10.6. The molecular weight excluding hydrogens is 226 g/mol. The lowest BCUT2D eigenvalue weighted by Crippen LogP contribution is -2.39. The van der Waals surface area contributed by atoms with Gasteiger partial charge in [-0.05, 0) is 18.9 Å². The SMILES string of the molecule is Cc1ccc(C=CCN2C(=O)CCCC2=O)cc1. The minimum absolute atomic E-state index is 0.0557. The minimum atomic E-state index is -0.0557. The molecule has 3 heteroatoms. The molecule has 0 bridgehead atoms. The van der Waals surface area contributed by atoms with Crippen molar-refractivity contribution in [3.05, 3.63) is 41.5 Å². The number of nitrogens with zero attached hydrogens (tertiary/aromatic N) is 1. The minimum Gasteiger partial charge on any atom is -0.279 e. The van der Waals surface area contributed by atoms with Crippen LogP contribution in [0.1, 0.15) is 30.4 Å². The molecule has 2 amide bonds. The van der Waals surface area contributed by atoms with Crippen molar-refractivity contribution in [1.29, 1.82) is 0 Å². The Morgan fingerprint density at radius 3 is 2.33 bits per heavy atom. The van der Waals surface area contributed by atoms with Crippen LogP contribution >= 0.6 is 0 Å². The third-order valence-corrected chi connectivity index (χ3v) is 3.06. The summed E-state index contributed by atoms with van der Waals surface area (Å²) in [6.45, 7) is 2.42. The molecule has 1 saturated heterocycles. The molecule has 94 valence electrons. The number of rotatable bonds is 3. The summed E-state index contributed by atoms with van der Waals surface area (Å²) in [5, 5.41) is 0. The van der Waals surface area contributed by atoms with Gasteiger partial charge in [0, 0.05) is 19.4 Å². The smallest absolute Gasteiger partial charge is 0.229 e. The highest BCUT2D eigenvalue weighted by atomic mass is 16.2. The molecule has 0 saturated carbocycles. The van der Waals surface area contributed by atoms with Gasteiger partial charge in [0.25, 0.3) is 0 Å². The largest absolute Gasteiger partial charge is 0.279 e. The van der Waals surface area contributed by atoms with Crippen LogP contribution in [-0.4, -0.2) is 23.3 Å². The molecule has 0 unspecified atom stereocenters. The second kappa shape index (κ2) is 5.63. The summed E-state index contributed by atoms with van der Waals surface area (Å²) in [4.78, 5) is 24.5. The molecule has 1 fully saturated rings. The van der Waals surface area contributed by atoms with Crippen molar-refractivity contribution in [2.75, 3.05) is 6.54 Å². The quantitative estimate of drug-likeness (QED) is 0.765. The van der Waals surface area contributed by atoms with Gasteiger partial charge < -0.3 is 0 Å². The second-order valence-electron chi connectivity index (χ2n) is 4.56. The molecule has 0 atom stereocenters. The summed E-state index contributed by atoms with van der Waals surface area (Å²) in [7, 11) is 0. The number of piperidine rings is 1. The second-order valence-corrected chi connectivity index (χ2v) is 4.56. The van der Waals surface area contributed by atoms with Crippen molar-refractivity contribution in [2.24, 2.45) is 0 Å². The highest BCUT2D eigenvalue weighted by molar-refractivity contribution is 5.97. The number of carbonyl (C=O) groups excluding carboxylic acids is 2. The van der Waals surface area contributed by atoms with E-state index in [0.717, 1.165) is 5.56 Å². The summed E-state index contributed by atoms with van der Waals surface area (Å²) >= 11 is 0. The first-order valence-electron chi connectivity index (χ1n) is 6.23. The van der Waals surface area contributed by atoms with E-state index in [1.54, 1.807) is 0 Å².